The lowest BCUT2D eigenvalue weighted by Gasteiger charge is -2.03. The van der Waals surface area contributed by atoms with Gasteiger partial charge in [0.15, 0.2) is 0 Å². The van der Waals surface area contributed by atoms with E-state index in [1.165, 1.54) is 17.6 Å². The van der Waals surface area contributed by atoms with Crippen LogP contribution in [0.25, 0.3) is 10.1 Å². The summed E-state index contributed by atoms with van der Waals surface area (Å²) < 4.78 is 0.920. The fourth-order valence-electron chi connectivity index (χ4n) is 2.07. The Morgan fingerprint density at radius 2 is 1.96 bits per heavy atom. The quantitative estimate of drug-likeness (QED) is 0.533. The van der Waals surface area contributed by atoms with Crippen LogP contribution < -0.4 is 10.7 Å². The van der Waals surface area contributed by atoms with Crippen LogP contribution in [0.1, 0.15) is 15.2 Å². The van der Waals surface area contributed by atoms with Gasteiger partial charge in [-0.2, -0.15) is 5.10 Å². The van der Waals surface area contributed by atoms with Crippen molar-refractivity contribution in [2.45, 2.75) is 0 Å². The summed E-state index contributed by atoms with van der Waals surface area (Å²) in [5, 5.41) is 7.58. The summed E-state index contributed by atoms with van der Waals surface area (Å²) in [6.07, 6.45) is 4.74. The SMILES string of the molecule is O=C(CNC(=O)c1sc2ccccc2c1Cl)NN=Cc1ccncc1. The fraction of sp³-hybridized carbons (Fsp3) is 0.0588. The minimum atomic E-state index is -0.434. The molecule has 0 fully saturated rings. The second kappa shape index (κ2) is 7.87. The molecule has 3 rings (SSSR count). The van der Waals surface area contributed by atoms with E-state index in [4.69, 9.17) is 11.6 Å². The van der Waals surface area contributed by atoms with Crippen molar-refractivity contribution >= 4 is 51.1 Å². The molecule has 0 atom stereocenters. The molecule has 0 bridgehead atoms. The highest BCUT2D eigenvalue weighted by Crippen LogP contribution is 2.34. The second-order valence-corrected chi connectivity index (χ2v) is 6.43. The Bertz CT molecular complexity index is 940. The van der Waals surface area contributed by atoms with Crippen molar-refractivity contribution < 1.29 is 9.59 Å². The number of thiophene rings is 1. The smallest absolute Gasteiger partial charge is 0.263 e. The lowest BCUT2D eigenvalue weighted by molar-refractivity contribution is -0.120. The number of amides is 2. The van der Waals surface area contributed by atoms with Gasteiger partial charge in [-0.15, -0.1) is 11.3 Å². The van der Waals surface area contributed by atoms with Gasteiger partial charge in [0.05, 0.1) is 17.8 Å². The van der Waals surface area contributed by atoms with Crippen LogP contribution in [0.2, 0.25) is 5.02 Å². The molecule has 0 aliphatic rings. The molecule has 6 nitrogen and oxygen atoms in total. The predicted molar refractivity (Wildman–Crippen MR) is 99.1 cm³/mol. The van der Waals surface area contributed by atoms with Crippen molar-refractivity contribution in [3.05, 3.63) is 64.3 Å². The molecule has 0 saturated carbocycles. The minimum Gasteiger partial charge on any atom is -0.342 e. The minimum absolute atomic E-state index is 0.197. The number of fused-ring (bicyclic) bond motifs is 1. The first-order valence-corrected chi connectivity index (χ1v) is 8.52. The Hall–Kier alpha value is -2.77. The summed E-state index contributed by atoms with van der Waals surface area (Å²) in [6, 6.07) is 11.0. The van der Waals surface area contributed by atoms with Crippen molar-refractivity contribution in [2.24, 2.45) is 5.10 Å². The van der Waals surface area contributed by atoms with Gasteiger partial charge in [0.2, 0.25) is 0 Å². The number of pyridine rings is 1. The van der Waals surface area contributed by atoms with Gasteiger partial charge >= 0.3 is 0 Å². The standard InChI is InChI=1S/C17H13ClN4O2S/c18-15-12-3-1-2-4-13(12)25-16(15)17(24)20-10-14(23)22-21-9-11-5-7-19-8-6-11/h1-9H,10H2,(H,20,24)(H,22,23). The molecule has 0 aliphatic carbocycles. The van der Waals surface area contributed by atoms with Gasteiger partial charge in [-0.05, 0) is 23.8 Å². The van der Waals surface area contributed by atoms with Crippen LogP contribution >= 0.6 is 22.9 Å². The van der Waals surface area contributed by atoms with Crippen LogP contribution in [-0.4, -0.2) is 29.6 Å². The number of halogens is 1. The van der Waals surface area contributed by atoms with Crippen LogP contribution in [0.4, 0.5) is 0 Å². The lowest BCUT2D eigenvalue weighted by Crippen LogP contribution is -2.34. The van der Waals surface area contributed by atoms with Gasteiger partial charge in [0.1, 0.15) is 4.88 Å². The predicted octanol–water partition coefficient (Wildman–Crippen LogP) is 2.83. The molecular weight excluding hydrogens is 360 g/mol. The third-order valence-corrected chi connectivity index (χ3v) is 4.93. The number of carbonyl (C=O) groups is 2. The molecule has 2 aromatic heterocycles. The largest absolute Gasteiger partial charge is 0.342 e. The summed E-state index contributed by atoms with van der Waals surface area (Å²) >= 11 is 7.53. The van der Waals surface area contributed by atoms with E-state index in [2.05, 4.69) is 20.8 Å². The Morgan fingerprint density at radius 1 is 1.20 bits per heavy atom. The second-order valence-electron chi connectivity index (χ2n) is 5.00. The monoisotopic (exact) mass is 372 g/mol. The highest BCUT2D eigenvalue weighted by atomic mass is 35.5. The van der Waals surface area contributed by atoms with Gasteiger partial charge in [-0.25, -0.2) is 5.43 Å². The summed E-state index contributed by atoms with van der Waals surface area (Å²) in [5.74, 6) is -0.824. The molecule has 0 aliphatic heterocycles. The van der Waals surface area contributed by atoms with E-state index < -0.39 is 5.91 Å². The average Bonchev–Trinajstić information content (AvgIpc) is 2.98. The molecule has 0 radical (unpaired) electrons. The molecule has 2 amide bonds. The maximum atomic E-state index is 12.2. The number of hydrogen-bond acceptors (Lipinski definition) is 5. The Labute approximate surface area is 152 Å². The van der Waals surface area contributed by atoms with E-state index >= 15 is 0 Å². The zero-order valence-corrected chi connectivity index (χ0v) is 14.5. The van der Waals surface area contributed by atoms with Gasteiger partial charge < -0.3 is 5.32 Å². The van der Waals surface area contributed by atoms with E-state index in [-0.39, 0.29) is 12.5 Å². The van der Waals surface area contributed by atoms with Crippen LogP contribution in [0.15, 0.2) is 53.9 Å². The maximum absolute atomic E-state index is 12.2. The number of nitrogens with zero attached hydrogens (tertiary/aromatic N) is 2. The van der Waals surface area contributed by atoms with E-state index in [0.717, 1.165) is 15.6 Å². The number of aromatic nitrogens is 1. The van der Waals surface area contributed by atoms with E-state index in [1.807, 2.05) is 24.3 Å². The van der Waals surface area contributed by atoms with Crippen molar-refractivity contribution in [2.75, 3.05) is 6.54 Å². The number of rotatable bonds is 5. The van der Waals surface area contributed by atoms with Gasteiger partial charge in [0.25, 0.3) is 11.8 Å². The van der Waals surface area contributed by atoms with E-state index in [1.54, 1.807) is 24.5 Å². The van der Waals surface area contributed by atoms with Crippen LogP contribution in [0, 0.1) is 0 Å². The first-order chi connectivity index (χ1) is 12.1. The fourth-order valence-corrected chi connectivity index (χ4v) is 3.50. The topological polar surface area (TPSA) is 83.5 Å². The van der Waals surface area contributed by atoms with Crippen molar-refractivity contribution in [3.63, 3.8) is 0 Å². The molecule has 2 N–H and O–H groups in total. The Morgan fingerprint density at radius 3 is 2.72 bits per heavy atom. The first kappa shape index (κ1) is 17.1. The summed E-state index contributed by atoms with van der Waals surface area (Å²) in [7, 11) is 0. The van der Waals surface area contributed by atoms with Crippen molar-refractivity contribution in [1.29, 1.82) is 0 Å². The van der Waals surface area contributed by atoms with E-state index in [0.29, 0.717) is 9.90 Å². The Kier molecular flexibility index (Phi) is 5.37. The van der Waals surface area contributed by atoms with Gasteiger partial charge in [-0.3, -0.25) is 14.6 Å². The first-order valence-electron chi connectivity index (χ1n) is 7.32. The lowest BCUT2D eigenvalue weighted by atomic mass is 10.2. The molecule has 8 heteroatoms. The van der Waals surface area contributed by atoms with Crippen molar-refractivity contribution in [3.8, 4) is 0 Å². The highest BCUT2D eigenvalue weighted by Gasteiger charge is 2.17. The third-order valence-electron chi connectivity index (χ3n) is 3.26. The number of carbonyl (C=O) groups excluding carboxylic acids is 2. The average molecular weight is 373 g/mol. The molecular formula is C17H13ClN4O2S. The number of hydrogen-bond donors (Lipinski definition) is 2. The molecule has 126 valence electrons. The molecule has 0 saturated heterocycles. The number of nitrogens with one attached hydrogen (secondary N) is 2. The van der Waals surface area contributed by atoms with Gasteiger partial charge in [-0.1, -0.05) is 29.8 Å². The normalized spacial score (nSPS) is 10.9. The zero-order chi connectivity index (χ0) is 17.6. The highest BCUT2D eigenvalue weighted by molar-refractivity contribution is 7.21. The van der Waals surface area contributed by atoms with Gasteiger partial charge in [0, 0.05) is 22.5 Å². The Balaban J connectivity index is 1.55. The number of hydrazone groups is 1. The van der Waals surface area contributed by atoms with Crippen molar-refractivity contribution in [1.82, 2.24) is 15.7 Å². The molecule has 1 aromatic carbocycles. The summed E-state index contributed by atoms with van der Waals surface area (Å²) in [5.41, 5.74) is 3.15. The molecule has 0 spiro atoms. The number of benzene rings is 1. The van der Waals surface area contributed by atoms with Crippen LogP contribution in [-0.2, 0) is 4.79 Å². The summed E-state index contributed by atoms with van der Waals surface area (Å²) in [6.45, 7) is -0.197. The zero-order valence-electron chi connectivity index (χ0n) is 12.9. The molecule has 25 heavy (non-hydrogen) atoms. The maximum Gasteiger partial charge on any atom is 0.263 e. The van der Waals surface area contributed by atoms with Crippen LogP contribution in [0.3, 0.4) is 0 Å². The van der Waals surface area contributed by atoms with E-state index in [9.17, 15) is 9.59 Å². The van der Waals surface area contributed by atoms with Crippen LogP contribution in [0.5, 0.6) is 0 Å². The molecule has 3 aromatic rings. The molecule has 0 unspecified atom stereocenters. The molecule has 2 heterocycles. The summed E-state index contributed by atoms with van der Waals surface area (Å²) in [4.78, 5) is 28.2. The third kappa shape index (κ3) is 4.20.